The second-order valence-corrected chi connectivity index (χ2v) is 4.51. The molecule has 0 aliphatic heterocycles. The third-order valence-corrected chi connectivity index (χ3v) is 2.90. The van der Waals surface area contributed by atoms with Crippen LogP contribution in [0.2, 0.25) is 0 Å². The van der Waals surface area contributed by atoms with Gasteiger partial charge in [-0.2, -0.15) is 4.98 Å². The molecule has 0 amide bonds. The normalized spacial score (nSPS) is 10.5. The number of ether oxygens (including phenoxy) is 1. The van der Waals surface area contributed by atoms with Crippen LogP contribution in [0.15, 0.2) is 12.1 Å². The van der Waals surface area contributed by atoms with E-state index in [0.29, 0.717) is 11.4 Å². The van der Waals surface area contributed by atoms with E-state index < -0.39 is 10.7 Å². The Morgan fingerprint density at radius 1 is 1.29 bits per heavy atom. The van der Waals surface area contributed by atoms with Crippen LogP contribution in [-0.2, 0) is 0 Å². The summed E-state index contributed by atoms with van der Waals surface area (Å²) in [4.78, 5) is 18.1. The fourth-order valence-electron chi connectivity index (χ4n) is 1.75. The molecule has 2 N–H and O–H groups in total. The Balaban J connectivity index is 2.46. The number of hydrogen-bond acceptors (Lipinski definition) is 6. The molecule has 1 heterocycles. The van der Waals surface area contributed by atoms with Gasteiger partial charge in [0.2, 0.25) is 5.88 Å². The van der Waals surface area contributed by atoms with Gasteiger partial charge in [0, 0.05) is 5.56 Å². The SMILES string of the molecule is Cc1nc(N)c(C)c(Oc2cc(C)c([N+](=O)[O-])cc2F)n1. The second-order valence-electron chi connectivity index (χ2n) is 4.51. The van der Waals surface area contributed by atoms with Gasteiger partial charge < -0.3 is 10.5 Å². The van der Waals surface area contributed by atoms with Crippen molar-refractivity contribution in [1.82, 2.24) is 9.97 Å². The van der Waals surface area contributed by atoms with Gasteiger partial charge in [0.1, 0.15) is 11.6 Å². The predicted octanol–water partition coefficient (Wildman–Crippen LogP) is 2.82. The van der Waals surface area contributed by atoms with Crippen LogP contribution in [-0.4, -0.2) is 14.9 Å². The smallest absolute Gasteiger partial charge is 0.275 e. The first-order chi connectivity index (χ1) is 9.79. The topological polar surface area (TPSA) is 104 Å². The second kappa shape index (κ2) is 5.31. The van der Waals surface area contributed by atoms with Crippen molar-refractivity contribution >= 4 is 11.5 Å². The van der Waals surface area contributed by atoms with Crippen LogP contribution in [0.3, 0.4) is 0 Å². The molecule has 0 aliphatic rings. The summed E-state index contributed by atoms with van der Waals surface area (Å²) in [5.41, 5.74) is 6.14. The van der Waals surface area contributed by atoms with Gasteiger partial charge in [0.15, 0.2) is 11.6 Å². The van der Waals surface area contributed by atoms with Crippen molar-refractivity contribution in [2.45, 2.75) is 20.8 Å². The van der Waals surface area contributed by atoms with Crippen molar-refractivity contribution in [1.29, 1.82) is 0 Å². The van der Waals surface area contributed by atoms with E-state index in [1.165, 1.54) is 13.0 Å². The van der Waals surface area contributed by atoms with Crippen molar-refractivity contribution < 1.29 is 14.1 Å². The minimum Gasteiger partial charge on any atom is -0.435 e. The molecule has 2 aromatic rings. The molecule has 110 valence electrons. The molecule has 7 nitrogen and oxygen atoms in total. The third-order valence-electron chi connectivity index (χ3n) is 2.90. The van der Waals surface area contributed by atoms with Crippen molar-refractivity contribution in [3.63, 3.8) is 0 Å². The van der Waals surface area contributed by atoms with E-state index in [1.54, 1.807) is 13.8 Å². The Labute approximate surface area is 119 Å². The average Bonchev–Trinajstić information content (AvgIpc) is 2.38. The Morgan fingerprint density at radius 2 is 1.95 bits per heavy atom. The number of aromatic nitrogens is 2. The lowest BCUT2D eigenvalue weighted by atomic mass is 10.2. The molecule has 0 saturated carbocycles. The van der Waals surface area contributed by atoms with Gasteiger partial charge in [0.25, 0.3) is 5.69 Å². The molecule has 0 radical (unpaired) electrons. The van der Waals surface area contributed by atoms with Crippen molar-refractivity contribution in [3.8, 4) is 11.6 Å². The van der Waals surface area contributed by atoms with Gasteiger partial charge in [-0.3, -0.25) is 10.1 Å². The standard InChI is InChI=1S/C13H13FN4O3/c1-6-4-11(9(14)5-10(6)18(19)20)21-13-7(2)12(15)16-8(3)17-13/h4-5H,1-3H3,(H2,15,16,17). The van der Waals surface area contributed by atoms with E-state index in [1.807, 2.05) is 0 Å². The number of nitrogens with zero attached hydrogens (tertiary/aromatic N) is 3. The summed E-state index contributed by atoms with van der Waals surface area (Å²) < 4.78 is 19.3. The van der Waals surface area contributed by atoms with Gasteiger partial charge in [0.05, 0.1) is 16.6 Å². The summed E-state index contributed by atoms with van der Waals surface area (Å²) in [6.07, 6.45) is 0. The summed E-state index contributed by atoms with van der Waals surface area (Å²) in [5.74, 6) is -0.268. The summed E-state index contributed by atoms with van der Waals surface area (Å²) in [5, 5.41) is 10.7. The highest BCUT2D eigenvalue weighted by molar-refractivity contribution is 5.49. The number of nitro groups is 1. The quantitative estimate of drug-likeness (QED) is 0.689. The lowest BCUT2D eigenvalue weighted by Crippen LogP contribution is -2.03. The molecule has 1 aromatic carbocycles. The van der Waals surface area contributed by atoms with Crippen LogP contribution in [0.25, 0.3) is 0 Å². The number of nitro benzene ring substituents is 1. The fourth-order valence-corrected chi connectivity index (χ4v) is 1.75. The number of nitrogens with two attached hydrogens (primary N) is 1. The first-order valence-electron chi connectivity index (χ1n) is 6.02. The van der Waals surface area contributed by atoms with Gasteiger partial charge >= 0.3 is 0 Å². The zero-order valence-electron chi connectivity index (χ0n) is 11.7. The summed E-state index contributed by atoms with van der Waals surface area (Å²) in [6, 6.07) is 2.07. The molecular weight excluding hydrogens is 279 g/mol. The monoisotopic (exact) mass is 292 g/mol. The highest BCUT2D eigenvalue weighted by Crippen LogP contribution is 2.31. The van der Waals surface area contributed by atoms with Crippen molar-refractivity contribution in [3.05, 3.63) is 45.0 Å². The van der Waals surface area contributed by atoms with E-state index >= 15 is 0 Å². The Kier molecular flexibility index (Phi) is 3.70. The molecule has 0 spiro atoms. The van der Waals surface area contributed by atoms with E-state index in [-0.39, 0.29) is 28.7 Å². The van der Waals surface area contributed by atoms with E-state index in [9.17, 15) is 14.5 Å². The van der Waals surface area contributed by atoms with Gasteiger partial charge in [-0.15, -0.1) is 0 Å². The third kappa shape index (κ3) is 2.88. The number of anilines is 1. The first kappa shape index (κ1) is 14.6. The molecule has 1 aromatic heterocycles. The summed E-state index contributed by atoms with van der Waals surface area (Å²) in [6.45, 7) is 4.76. The van der Waals surface area contributed by atoms with Crippen LogP contribution in [0.5, 0.6) is 11.6 Å². The highest BCUT2D eigenvalue weighted by Gasteiger charge is 2.18. The van der Waals surface area contributed by atoms with Gasteiger partial charge in [-0.25, -0.2) is 9.37 Å². The van der Waals surface area contributed by atoms with Crippen LogP contribution < -0.4 is 10.5 Å². The number of rotatable bonds is 3. The maximum atomic E-state index is 13.9. The molecule has 0 atom stereocenters. The molecule has 8 heteroatoms. The van der Waals surface area contributed by atoms with E-state index in [4.69, 9.17) is 10.5 Å². The minimum absolute atomic E-state index is 0.118. The maximum Gasteiger partial charge on any atom is 0.275 e. The van der Waals surface area contributed by atoms with Crippen LogP contribution in [0.4, 0.5) is 15.9 Å². The zero-order chi connectivity index (χ0) is 15.7. The summed E-state index contributed by atoms with van der Waals surface area (Å²) >= 11 is 0. The average molecular weight is 292 g/mol. The molecule has 21 heavy (non-hydrogen) atoms. The highest BCUT2D eigenvalue weighted by atomic mass is 19.1. The number of benzene rings is 1. The molecule has 0 saturated heterocycles. The molecule has 0 fully saturated rings. The first-order valence-corrected chi connectivity index (χ1v) is 6.02. The molecule has 0 unspecified atom stereocenters. The van der Waals surface area contributed by atoms with E-state index in [0.717, 1.165) is 6.07 Å². The predicted molar refractivity (Wildman–Crippen MR) is 73.8 cm³/mol. The summed E-state index contributed by atoms with van der Waals surface area (Å²) in [7, 11) is 0. The van der Waals surface area contributed by atoms with E-state index in [2.05, 4.69) is 9.97 Å². The molecule has 2 rings (SSSR count). The van der Waals surface area contributed by atoms with Gasteiger partial charge in [-0.1, -0.05) is 0 Å². The number of aryl methyl sites for hydroxylation is 2. The number of hydrogen-bond donors (Lipinski definition) is 1. The maximum absolute atomic E-state index is 13.9. The number of nitrogen functional groups attached to an aromatic ring is 1. The van der Waals surface area contributed by atoms with Crippen LogP contribution in [0.1, 0.15) is 17.0 Å². The molecule has 0 aliphatic carbocycles. The van der Waals surface area contributed by atoms with Crippen LogP contribution in [0, 0.1) is 36.7 Å². The van der Waals surface area contributed by atoms with Crippen molar-refractivity contribution in [2.75, 3.05) is 5.73 Å². The Morgan fingerprint density at radius 3 is 2.57 bits per heavy atom. The minimum atomic E-state index is -0.846. The van der Waals surface area contributed by atoms with Crippen LogP contribution >= 0.6 is 0 Å². The largest absolute Gasteiger partial charge is 0.435 e. The lowest BCUT2D eigenvalue weighted by Gasteiger charge is -2.11. The number of halogens is 1. The molecular formula is C13H13FN4O3. The zero-order valence-corrected chi connectivity index (χ0v) is 11.7. The van der Waals surface area contributed by atoms with Crippen molar-refractivity contribution in [2.24, 2.45) is 0 Å². The fraction of sp³-hybridized carbons (Fsp3) is 0.231. The Bertz CT molecular complexity index is 734. The lowest BCUT2D eigenvalue weighted by molar-refractivity contribution is -0.385. The molecule has 0 bridgehead atoms. The van der Waals surface area contributed by atoms with Gasteiger partial charge in [-0.05, 0) is 26.8 Å². The Hall–Kier alpha value is -2.77.